The first-order valence-electron chi connectivity index (χ1n) is 7.55. The molecule has 1 heterocycles. The lowest BCUT2D eigenvalue weighted by Crippen LogP contribution is -2.14. The fourth-order valence-electron chi connectivity index (χ4n) is 1.61. The average Bonchev–Trinajstić information content (AvgIpc) is 2.69. The monoisotopic (exact) mass is 223 g/mol. The molecule has 1 aromatic heterocycles. The van der Waals surface area contributed by atoms with Gasteiger partial charge in [0.2, 0.25) is 0 Å². The second-order valence-corrected chi connectivity index (χ2v) is 3.85. The van der Waals surface area contributed by atoms with E-state index in [1.807, 2.05) is 0 Å². The van der Waals surface area contributed by atoms with Gasteiger partial charge in [0, 0.05) is 26.3 Å². The minimum absolute atomic E-state index is 0.192. The molecule has 0 radical (unpaired) electrons. The van der Waals surface area contributed by atoms with Gasteiger partial charge < -0.3 is 14.6 Å². The quantitative estimate of drug-likeness (QED) is 0.861. The Kier molecular flexibility index (Phi) is 1.80. The second-order valence-electron chi connectivity index (χ2n) is 3.85. The molecule has 0 saturated heterocycles. The maximum atomic E-state index is 7.99. The van der Waals surface area contributed by atoms with Crippen molar-refractivity contribution < 1.29 is 11.6 Å². The van der Waals surface area contributed by atoms with Gasteiger partial charge in [-0.15, -0.1) is 0 Å². The van der Waals surface area contributed by atoms with Gasteiger partial charge in [0.15, 0.2) is 0 Å². The van der Waals surface area contributed by atoms with Crippen molar-refractivity contribution in [2.75, 3.05) is 27.6 Å². The van der Waals surface area contributed by atoms with Crippen LogP contribution in [-0.4, -0.2) is 37.5 Å². The molecule has 1 aromatic carbocycles. The van der Waals surface area contributed by atoms with Crippen LogP contribution in [0.2, 0.25) is 0 Å². The molecule has 16 heavy (non-hydrogen) atoms. The van der Waals surface area contributed by atoms with E-state index < -0.39 is 13.5 Å². The van der Waals surface area contributed by atoms with Crippen LogP contribution in [0.5, 0.6) is 5.75 Å². The first-order valence-corrected chi connectivity index (χ1v) is 5.05. The summed E-state index contributed by atoms with van der Waals surface area (Å²) in [4.78, 5) is 4.57. The second kappa shape index (κ2) is 4.58. The Morgan fingerprint density at radius 3 is 3.12 bits per heavy atom. The number of ether oxygens (including phenoxy) is 1. The van der Waals surface area contributed by atoms with Crippen molar-refractivity contribution >= 4 is 10.9 Å². The van der Waals surface area contributed by atoms with Gasteiger partial charge in [-0.2, -0.15) is 0 Å². The smallest absolute Gasteiger partial charge is 0.119 e. The zero-order valence-electron chi connectivity index (χ0n) is 14.4. The molecule has 0 aliphatic carbocycles. The minimum Gasteiger partial charge on any atom is -0.497 e. The third-order valence-electron chi connectivity index (χ3n) is 2.44. The zero-order chi connectivity index (χ0) is 15.8. The Morgan fingerprint density at radius 2 is 2.38 bits per heavy atom. The fourth-order valence-corrected chi connectivity index (χ4v) is 1.61. The van der Waals surface area contributed by atoms with E-state index in [2.05, 4.69) is 4.98 Å². The van der Waals surface area contributed by atoms with Gasteiger partial charge in [0.25, 0.3) is 0 Å². The molecule has 0 bridgehead atoms. The summed E-state index contributed by atoms with van der Waals surface area (Å²) in [6.07, 6.45) is 1.93. The van der Waals surface area contributed by atoms with Crippen LogP contribution in [0.1, 0.15) is 12.4 Å². The third-order valence-corrected chi connectivity index (χ3v) is 2.44. The zero-order valence-corrected chi connectivity index (χ0v) is 9.37. The van der Waals surface area contributed by atoms with Crippen LogP contribution < -0.4 is 4.74 Å². The largest absolute Gasteiger partial charge is 0.497 e. The highest BCUT2D eigenvalue weighted by atomic mass is 16.5. The molecule has 0 spiro atoms. The highest BCUT2D eigenvalue weighted by Crippen LogP contribution is 2.23. The van der Waals surface area contributed by atoms with Crippen LogP contribution >= 0.6 is 0 Å². The van der Waals surface area contributed by atoms with E-state index in [0.717, 1.165) is 16.5 Å². The van der Waals surface area contributed by atoms with E-state index in [4.69, 9.17) is 11.6 Å². The maximum absolute atomic E-state index is 7.99. The number of rotatable bonds is 4. The molecule has 0 atom stereocenters. The van der Waals surface area contributed by atoms with Crippen LogP contribution in [-0.2, 0) is 6.42 Å². The van der Waals surface area contributed by atoms with Gasteiger partial charge >= 0.3 is 0 Å². The number of hydrogen-bond donors (Lipinski definition) is 1. The van der Waals surface area contributed by atoms with Crippen molar-refractivity contribution in [3.8, 4) is 5.75 Å². The molecule has 86 valence electrons. The van der Waals surface area contributed by atoms with Gasteiger partial charge in [0.1, 0.15) is 5.75 Å². The number of methoxy groups -OCH3 is 1. The molecule has 2 aromatic rings. The van der Waals surface area contributed by atoms with E-state index in [9.17, 15) is 0 Å². The number of nitrogens with zero attached hydrogens (tertiary/aromatic N) is 1. The number of hydrogen-bond acceptors (Lipinski definition) is 2. The number of benzene rings is 1. The Labute approximate surface area is 103 Å². The average molecular weight is 223 g/mol. The predicted molar refractivity (Wildman–Crippen MR) is 67.1 cm³/mol. The minimum atomic E-state index is -2.50. The standard InChI is InChI=1S/C13H18N2O/c1-15(2)7-6-10-9-14-13-5-4-11(16-3)8-12(10)13/h4-5,8-9,14H,6-7H2,1-3H3/i3D3,7D2. The summed E-state index contributed by atoms with van der Waals surface area (Å²) < 4.78 is 42.3. The molecule has 0 fully saturated rings. The van der Waals surface area contributed by atoms with E-state index >= 15 is 0 Å². The number of nitrogens with one attached hydrogen (secondary N) is 1. The molecule has 0 unspecified atom stereocenters. The highest BCUT2D eigenvalue weighted by Gasteiger charge is 2.05. The van der Waals surface area contributed by atoms with Crippen LogP contribution in [0.4, 0.5) is 0 Å². The molecule has 0 aliphatic rings. The van der Waals surface area contributed by atoms with Crippen molar-refractivity contribution in [3.05, 3.63) is 30.0 Å². The van der Waals surface area contributed by atoms with Crippen LogP contribution in [0.3, 0.4) is 0 Å². The number of likely N-dealkylation sites (N-methyl/N-ethyl adjacent to an activating group) is 1. The molecule has 0 saturated carbocycles. The Balaban J connectivity index is 2.35. The van der Waals surface area contributed by atoms with Crippen molar-refractivity contribution in [1.29, 1.82) is 0 Å². The molecular formula is C13H18N2O. The van der Waals surface area contributed by atoms with Crippen molar-refractivity contribution in [3.63, 3.8) is 0 Å². The fraction of sp³-hybridized carbons (Fsp3) is 0.385. The van der Waals surface area contributed by atoms with E-state index in [-0.39, 0.29) is 12.2 Å². The summed E-state index contributed by atoms with van der Waals surface area (Å²) in [7, 11) is 0.860. The third kappa shape index (κ3) is 2.19. The predicted octanol–water partition coefficient (Wildman–Crippen LogP) is 2.28. The first kappa shape index (κ1) is 6.30. The molecule has 1 N–H and O–H groups in total. The number of aryl methyl sites for hydroxylation is 1. The Bertz CT molecular complexity index is 633. The van der Waals surface area contributed by atoms with E-state index in [0.29, 0.717) is 0 Å². The number of H-pyrrole nitrogens is 1. The first-order chi connectivity index (χ1) is 9.58. The summed E-state index contributed by atoms with van der Waals surface area (Å²) in [5.74, 6) is 0.244. The molecule has 2 rings (SSSR count). The summed E-state index contributed by atoms with van der Waals surface area (Å²) in [6.45, 7) is -1.49. The van der Waals surface area contributed by atoms with Gasteiger partial charge in [-0.25, -0.2) is 0 Å². The normalized spacial score (nSPS) is 17.6. The summed E-state index contributed by atoms with van der Waals surface area (Å²) in [5, 5.41) is 0.766. The Morgan fingerprint density at radius 1 is 1.50 bits per heavy atom. The maximum Gasteiger partial charge on any atom is 0.119 e. The molecule has 3 nitrogen and oxygen atoms in total. The SMILES string of the molecule is [2H]C([2H])([2H])Oc1ccc2[nH]cc(CC([2H])([2H])N(C)C)c2c1. The van der Waals surface area contributed by atoms with Gasteiger partial charge in [-0.3, -0.25) is 0 Å². The number of aromatic nitrogens is 1. The summed E-state index contributed by atoms with van der Waals surface area (Å²) >= 11 is 0. The highest BCUT2D eigenvalue weighted by molar-refractivity contribution is 5.84. The Hall–Kier alpha value is -1.48. The lowest BCUT2D eigenvalue weighted by Gasteiger charge is -2.08. The van der Waals surface area contributed by atoms with Gasteiger partial charge in [-0.1, -0.05) is 0 Å². The van der Waals surface area contributed by atoms with Crippen LogP contribution in [0.15, 0.2) is 24.4 Å². The van der Waals surface area contributed by atoms with E-state index in [1.165, 1.54) is 4.90 Å². The topological polar surface area (TPSA) is 28.3 Å². The van der Waals surface area contributed by atoms with Crippen LogP contribution in [0.25, 0.3) is 10.9 Å². The number of aromatic amines is 1. The lowest BCUT2D eigenvalue weighted by atomic mass is 10.1. The molecule has 0 amide bonds. The lowest BCUT2D eigenvalue weighted by molar-refractivity contribution is 0.413. The summed E-state index contributed by atoms with van der Waals surface area (Å²) in [5.41, 5.74) is 1.59. The molecular weight excluding hydrogens is 200 g/mol. The molecule has 0 aliphatic heterocycles. The van der Waals surface area contributed by atoms with Crippen molar-refractivity contribution in [1.82, 2.24) is 9.88 Å². The van der Waals surface area contributed by atoms with Crippen molar-refractivity contribution in [2.24, 2.45) is 0 Å². The van der Waals surface area contributed by atoms with Gasteiger partial charge in [0.05, 0.1) is 11.2 Å². The molecule has 3 heteroatoms. The van der Waals surface area contributed by atoms with Gasteiger partial charge in [-0.05, 0) is 44.3 Å². The van der Waals surface area contributed by atoms with Crippen LogP contribution in [0, 0.1) is 0 Å². The van der Waals surface area contributed by atoms with E-state index in [1.54, 1.807) is 38.5 Å². The summed E-state index contributed by atoms with van der Waals surface area (Å²) in [6, 6.07) is 4.93. The number of fused-ring (bicyclic) bond motifs is 1. The van der Waals surface area contributed by atoms with Crippen molar-refractivity contribution in [2.45, 2.75) is 6.42 Å².